The first kappa shape index (κ1) is 17.7. The third-order valence-electron chi connectivity index (χ3n) is 4.84. The molecule has 5 nitrogen and oxygen atoms in total. The molecule has 1 aromatic carbocycles. The molecule has 25 heavy (non-hydrogen) atoms. The molecule has 136 valence electrons. The smallest absolute Gasteiger partial charge is 0.315 e. The summed E-state index contributed by atoms with van der Waals surface area (Å²) in [6, 6.07) is 4.92. The zero-order chi connectivity index (χ0) is 17.6. The van der Waals surface area contributed by atoms with Gasteiger partial charge in [0.15, 0.2) is 0 Å². The average Bonchev–Trinajstić information content (AvgIpc) is 2.62. The van der Waals surface area contributed by atoms with Gasteiger partial charge in [0.05, 0.1) is 11.8 Å². The lowest BCUT2D eigenvalue weighted by Crippen LogP contribution is -2.41. The van der Waals surface area contributed by atoms with E-state index in [2.05, 4.69) is 16.7 Å². The van der Waals surface area contributed by atoms with E-state index in [4.69, 9.17) is 0 Å². The van der Waals surface area contributed by atoms with Gasteiger partial charge in [-0.1, -0.05) is 18.2 Å². The van der Waals surface area contributed by atoms with Crippen LogP contribution in [0.1, 0.15) is 37.7 Å². The van der Waals surface area contributed by atoms with Crippen LogP contribution in [0.4, 0.5) is 14.9 Å². The number of nitrogens with zero attached hydrogens (tertiary/aromatic N) is 1. The number of carbonyl (C=O) groups excluding carboxylic acids is 1. The highest BCUT2D eigenvalue weighted by Crippen LogP contribution is 2.24. The maximum absolute atomic E-state index is 14.4. The Morgan fingerprint density at radius 2 is 2.08 bits per heavy atom. The molecular weight excluding hydrogens is 321 g/mol. The lowest BCUT2D eigenvalue weighted by atomic mass is 10.0. The number of hydrogen-bond donors (Lipinski definition) is 3. The molecule has 1 aromatic rings. The molecule has 1 saturated heterocycles. The first-order valence-corrected chi connectivity index (χ1v) is 9.04. The number of piperidine rings is 1. The highest BCUT2D eigenvalue weighted by atomic mass is 19.1. The van der Waals surface area contributed by atoms with E-state index in [1.807, 2.05) is 17.0 Å². The first-order valence-electron chi connectivity index (χ1n) is 9.04. The van der Waals surface area contributed by atoms with E-state index in [1.54, 1.807) is 6.07 Å². The predicted octanol–water partition coefficient (Wildman–Crippen LogP) is 2.69. The zero-order valence-corrected chi connectivity index (χ0v) is 14.4. The van der Waals surface area contributed by atoms with Gasteiger partial charge in [0.2, 0.25) is 0 Å². The van der Waals surface area contributed by atoms with Gasteiger partial charge in [0.25, 0.3) is 0 Å². The van der Waals surface area contributed by atoms with Gasteiger partial charge in [-0.2, -0.15) is 0 Å². The van der Waals surface area contributed by atoms with E-state index in [9.17, 15) is 14.3 Å². The van der Waals surface area contributed by atoms with Crippen molar-refractivity contribution in [3.8, 4) is 0 Å². The summed E-state index contributed by atoms with van der Waals surface area (Å²) in [4.78, 5) is 13.9. The molecular formula is C19H26FN3O2. The monoisotopic (exact) mass is 347 g/mol. The minimum Gasteiger partial charge on any atom is -0.393 e. The van der Waals surface area contributed by atoms with Gasteiger partial charge in [0.1, 0.15) is 5.82 Å². The Hall–Kier alpha value is -2.08. The maximum Gasteiger partial charge on any atom is 0.315 e. The van der Waals surface area contributed by atoms with E-state index in [1.165, 1.54) is 6.07 Å². The molecule has 1 unspecified atom stereocenters. The normalized spacial score (nSPS) is 21.2. The van der Waals surface area contributed by atoms with Crippen molar-refractivity contribution in [1.29, 1.82) is 0 Å². The number of hydrogen-bond acceptors (Lipinski definition) is 3. The second-order valence-corrected chi connectivity index (χ2v) is 6.80. The summed E-state index contributed by atoms with van der Waals surface area (Å²) in [5.41, 5.74) is 1.29. The highest BCUT2D eigenvalue weighted by Gasteiger charge is 2.19. The Kier molecular flexibility index (Phi) is 5.91. The summed E-state index contributed by atoms with van der Waals surface area (Å²) in [7, 11) is 0. The average molecular weight is 347 g/mol. The van der Waals surface area contributed by atoms with Gasteiger partial charge in [0, 0.05) is 25.7 Å². The van der Waals surface area contributed by atoms with E-state index in [0.29, 0.717) is 31.6 Å². The molecule has 3 rings (SSSR count). The number of rotatable bonds is 4. The number of anilines is 1. The minimum absolute atomic E-state index is 0.0855. The Morgan fingerprint density at radius 1 is 1.28 bits per heavy atom. The number of nitrogens with one attached hydrogen (secondary N) is 2. The maximum atomic E-state index is 14.4. The van der Waals surface area contributed by atoms with Crippen molar-refractivity contribution in [1.82, 2.24) is 10.6 Å². The van der Waals surface area contributed by atoms with Crippen molar-refractivity contribution < 1.29 is 14.3 Å². The van der Waals surface area contributed by atoms with Crippen molar-refractivity contribution >= 4 is 11.7 Å². The molecule has 0 bridgehead atoms. The fourth-order valence-electron chi connectivity index (χ4n) is 3.36. The van der Waals surface area contributed by atoms with Crippen LogP contribution in [0, 0.1) is 5.82 Å². The number of benzene rings is 1. The highest BCUT2D eigenvalue weighted by molar-refractivity contribution is 5.74. The lowest BCUT2D eigenvalue weighted by molar-refractivity contribution is 0.145. The summed E-state index contributed by atoms with van der Waals surface area (Å²) in [5, 5.41) is 15.2. The summed E-state index contributed by atoms with van der Waals surface area (Å²) in [5.74, 6) is -0.286. The molecule has 0 aromatic heterocycles. The van der Waals surface area contributed by atoms with Gasteiger partial charge in [-0.05, 0) is 49.8 Å². The number of urea groups is 1. The minimum atomic E-state index is -0.286. The Bertz CT molecular complexity index is 627. The summed E-state index contributed by atoms with van der Waals surface area (Å²) in [6.07, 6.45) is 8.27. The third kappa shape index (κ3) is 4.95. The quantitative estimate of drug-likeness (QED) is 0.734. The number of amides is 2. The van der Waals surface area contributed by atoms with Crippen LogP contribution in [-0.4, -0.2) is 36.4 Å². The molecule has 2 aliphatic rings. The Labute approximate surface area is 147 Å². The number of aliphatic hydroxyl groups is 1. The van der Waals surface area contributed by atoms with Crippen molar-refractivity contribution in [3.05, 3.63) is 41.7 Å². The van der Waals surface area contributed by atoms with Crippen LogP contribution in [-0.2, 0) is 6.54 Å². The molecule has 1 aliphatic carbocycles. The Morgan fingerprint density at radius 3 is 2.76 bits per heavy atom. The fourth-order valence-corrected chi connectivity index (χ4v) is 3.36. The summed E-state index contributed by atoms with van der Waals surface area (Å²) in [6.45, 7) is 1.61. The molecule has 0 spiro atoms. The van der Waals surface area contributed by atoms with Crippen LogP contribution >= 0.6 is 0 Å². The molecule has 1 heterocycles. The van der Waals surface area contributed by atoms with Gasteiger partial charge >= 0.3 is 6.03 Å². The topological polar surface area (TPSA) is 64.6 Å². The van der Waals surface area contributed by atoms with Crippen LogP contribution in [0.5, 0.6) is 0 Å². The van der Waals surface area contributed by atoms with E-state index < -0.39 is 0 Å². The van der Waals surface area contributed by atoms with Gasteiger partial charge < -0.3 is 20.6 Å². The third-order valence-corrected chi connectivity index (χ3v) is 4.84. The molecule has 0 saturated carbocycles. The van der Waals surface area contributed by atoms with E-state index >= 15 is 0 Å². The van der Waals surface area contributed by atoms with Crippen molar-refractivity contribution in [2.24, 2.45) is 0 Å². The van der Waals surface area contributed by atoms with Gasteiger partial charge in [-0.3, -0.25) is 0 Å². The number of halogens is 1. The van der Waals surface area contributed by atoms with Crippen LogP contribution in [0.25, 0.3) is 0 Å². The molecule has 1 fully saturated rings. The van der Waals surface area contributed by atoms with Crippen LogP contribution < -0.4 is 15.5 Å². The molecule has 6 heteroatoms. The second-order valence-electron chi connectivity index (χ2n) is 6.80. The SMILES string of the molecule is O=C(NCc1ccc(N2CCC(O)CC2)c(F)c1)NC1C=CCCC1. The molecule has 0 radical (unpaired) electrons. The number of aliphatic hydroxyl groups excluding tert-OH is 1. The van der Waals surface area contributed by atoms with Crippen LogP contribution in [0.2, 0.25) is 0 Å². The summed E-state index contributed by atoms with van der Waals surface area (Å²) < 4.78 is 14.4. The standard InChI is InChI=1S/C19H26FN3O2/c20-17-12-14(6-7-18(17)23-10-8-16(24)9-11-23)13-21-19(25)22-15-4-2-1-3-5-15/h2,4,6-7,12,15-16,24H,1,3,5,8-11,13H2,(H2,21,22,25). The van der Waals surface area contributed by atoms with Crippen molar-refractivity contribution in [3.63, 3.8) is 0 Å². The fraction of sp³-hybridized carbons (Fsp3) is 0.526. The van der Waals surface area contributed by atoms with Crippen LogP contribution in [0.3, 0.4) is 0 Å². The Balaban J connectivity index is 1.51. The second kappa shape index (κ2) is 8.34. The first-order chi connectivity index (χ1) is 12.1. The van der Waals surface area contributed by atoms with Crippen molar-refractivity contribution in [2.75, 3.05) is 18.0 Å². The molecule has 3 N–H and O–H groups in total. The zero-order valence-electron chi connectivity index (χ0n) is 14.4. The number of carbonyl (C=O) groups is 1. The van der Waals surface area contributed by atoms with Crippen molar-refractivity contribution in [2.45, 2.75) is 50.8 Å². The largest absolute Gasteiger partial charge is 0.393 e. The number of allylic oxidation sites excluding steroid dienone is 1. The summed E-state index contributed by atoms with van der Waals surface area (Å²) >= 11 is 0. The van der Waals surface area contributed by atoms with E-state index in [0.717, 1.165) is 24.8 Å². The molecule has 1 aliphatic heterocycles. The van der Waals surface area contributed by atoms with Gasteiger partial charge in [-0.25, -0.2) is 9.18 Å². The van der Waals surface area contributed by atoms with Crippen LogP contribution in [0.15, 0.2) is 30.4 Å². The van der Waals surface area contributed by atoms with Gasteiger partial charge in [-0.15, -0.1) is 0 Å². The lowest BCUT2D eigenvalue weighted by Gasteiger charge is -2.31. The molecule has 2 amide bonds. The molecule has 1 atom stereocenters. The predicted molar refractivity (Wildman–Crippen MR) is 96.0 cm³/mol. The van der Waals surface area contributed by atoms with E-state index in [-0.39, 0.29) is 30.5 Å².